The maximum Gasteiger partial charge on any atom is 0.245 e. The lowest BCUT2D eigenvalue weighted by Gasteiger charge is -2.22. The molecule has 0 atom stereocenters. The summed E-state index contributed by atoms with van der Waals surface area (Å²) in [7, 11) is -7.91. The van der Waals surface area contributed by atoms with Gasteiger partial charge in [0.05, 0.1) is 16.5 Å². The summed E-state index contributed by atoms with van der Waals surface area (Å²) >= 11 is 12.2. The first-order valence-electron chi connectivity index (χ1n) is 11.3. The highest BCUT2D eigenvalue weighted by Gasteiger charge is 2.29. The first kappa shape index (κ1) is 29.1. The van der Waals surface area contributed by atoms with E-state index in [1.807, 2.05) is 37.3 Å². The van der Waals surface area contributed by atoms with Crippen LogP contribution in [0.3, 0.4) is 0 Å². The van der Waals surface area contributed by atoms with Gasteiger partial charge < -0.3 is 5.32 Å². The smallest absolute Gasteiger partial charge is 0.245 e. The maximum atomic E-state index is 13.4. The molecule has 0 heterocycles. The van der Waals surface area contributed by atoms with Crippen molar-refractivity contribution >= 4 is 49.2 Å². The molecule has 198 valence electrons. The van der Waals surface area contributed by atoms with Gasteiger partial charge in [0.25, 0.3) is 0 Å². The summed E-state index contributed by atoms with van der Waals surface area (Å²) < 4.78 is 55.1. The Morgan fingerprint density at radius 1 is 0.892 bits per heavy atom. The highest BCUT2D eigenvalue weighted by Crippen LogP contribution is 2.28. The molecule has 0 aromatic heterocycles. The fraction of sp³-hybridized carbons (Fsp3) is 0.240. The standard InChI is InChI=1S/C25H27Cl2N3O5S2/c1-19-7-10-22(11-8-19)36(32,33)29-15-14-28-25(31)18-30(16-13-20-5-3-2-4-6-20)37(34,35)24-17-21(26)9-12-23(24)27/h2-12,17,29H,13-16,18H2,1H3,(H,28,31). The lowest BCUT2D eigenvalue weighted by molar-refractivity contribution is -0.121. The number of amides is 1. The molecule has 0 fully saturated rings. The Hall–Kier alpha value is -2.47. The molecule has 3 rings (SSSR count). The minimum absolute atomic E-state index is 0.0139. The first-order valence-corrected chi connectivity index (χ1v) is 15.0. The van der Waals surface area contributed by atoms with Crippen LogP contribution in [0.4, 0.5) is 0 Å². The molecule has 12 heteroatoms. The molecule has 37 heavy (non-hydrogen) atoms. The number of nitrogens with zero attached hydrogens (tertiary/aromatic N) is 1. The van der Waals surface area contributed by atoms with E-state index in [9.17, 15) is 21.6 Å². The average Bonchev–Trinajstić information content (AvgIpc) is 2.86. The number of halogens is 2. The van der Waals surface area contributed by atoms with Gasteiger partial charge in [-0.3, -0.25) is 4.79 Å². The topological polar surface area (TPSA) is 113 Å². The molecule has 0 unspecified atom stereocenters. The van der Waals surface area contributed by atoms with Gasteiger partial charge in [0, 0.05) is 24.7 Å². The number of sulfonamides is 2. The Bertz CT molecular complexity index is 1430. The molecule has 1 amide bonds. The highest BCUT2D eigenvalue weighted by molar-refractivity contribution is 7.89. The lowest BCUT2D eigenvalue weighted by Crippen LogP contribution is -2.43. The van der Waals surface area contributed by atoms with Crippen LogP contribution in [0, 0.1) is 6.92 Å². The van der Waals surface area contributed by atoms with Gasteiger partial charge in [-0.1, -0.05) is 71.2 Å². The Labute approximate surface area is 227 Å². The monoisotopic (exact) mass is 583 g/mol. The number of nitrogens with one attached hydrogen (secondary N) is 2. The molecule has 3 aromatic carbocycles. The molecule has 0 bridgehead atoms. The van der Waals surface area contributed by atoms with Crippen molar-refractivity contribution in [3.8, 4) is 0 Å². The van der Waals surface area contributed by atoms with Crippen molar-refractivity contribution in [1.82, 2.24) is 14.3 Å². The predicted octanol–water partition coefficient (Wildman–Crippen LogP) is 3.63. The van der Waals surface area contributed by atoms with E-state index in [1.54, 1.807) is 12.1 Å². The van der Waals surface area contributed by atoms with Crippen LogP contribution < -0.4 is 10.0 Å². The molecular weight excluding hydrogens is 557 g/mol. The van der Waals surface area contributed by atoms with Crippen LogP contribution in [-0.4, -0.2) is 53.2 Å². The number of carbonyl (C=O) groups excluding carboxylic acids is 1. The molecule has 2 N–H and O–H groups in total. The van der Waals surface area contributed by atoms with Crippen molar-refractivity contribution in [3.05, 3.63) is 94.0 Å². The maximum absolute atomic E-state index is 13.4. The number of aryl methyl sites for hydroxylation is 1. The van der Waals surface area contributed by atoms with E-state index >= 15 is 0 Å². The third-order valence-corrected chi connectivity index (χ3v) is 9.43. The second kappa shape index (κ2) is 12.9. The van der Waals surface area contributed by atoms with E-state index < -0.39 is 32.5 Å². The van der Waals surface area contributed by atoms with Gasteiger partial charge in [0.1, 0.15) is 4.90 Å². The zero-order valence-corrected chi connectivity index (χ0v) is 23.2. The van der Waals surface area contributed by atoms with Crippen LogP contribution in [0.1, 0.15) is 11.1 Å². The minimum atomic E-state index is -4.17. The second-order valence-corrected chi connectivity index (χ2v) is 12.7. The van der Waals surface area contributed by atoms with Crippen molar-refractivity contribution < 1.29 is 21.6 Å². The normalized spacial score (nSPS) is 12.0. The van der Waals surface area contributed by atoms with Crippen molar-refractivity contribution in [2.24, 2.45) is 0 Å². The van der Waals surface area contributed by atoms with Crippen LogP contribution in [-0.2, 0) is 31.3 Å². The van der Waals surface area contributed by atoms with Crippen molar-refractivity contribution in [3.63, 3.8) is 0 Å². The minimum Gasteiger partial charge on any atom is -0.354 e. The van der Waals surface area contributed by atoms with Crippen molar-refractivity contribution in [1.29, 1.82) is 0 Å². The summed E-state index contributed by atoms with van der Waals surface area (Å²) in [5.74, 6) is -0.593. The largest absolute Gasteiger partial charge is 0.354 e. The number of carbonyl (C=O) groups is 1. The van der Waals surface area contributed by atoms with Crippen LogP contribution >= 0.6 is 23.2 Å². The molecule has 8 nitrogen and oxygen atoms in total. The van der Waals surface area contributed by atoms with E-state index in [4.69, 9.17) is 23.2 Å². The molecule has 0 aliphatic heterocycles. The second-order valence-electron chi connectivity index (χ2n) is 8.21. The molecule has 0 radical (unpaired) electrons. The predicted molar refractivity (Wildman–Crippen MR) is 145 cm³/mol. The number of rotatable bonds is 12. The molecular formula is C25H27Cl2N3O5S2. The lowest BCUT2D eigenvalue weighted by atomic mass is 10.1. The molecule has 0 spiro atoms. The van der Waals surface area contributed by atoms with E-state index in [1.165, 1.54) is 30.3 Å². The van der Waals surface area contributed by atoms with Gasteiger partial charge in [0.15, 0.2) is 0 Å². The van der Waals surface area contributed by atoms with Crippen LogP contribution in [0.15, 0.2) is 82.6 Å². The van der Waals surface area contributed by atoms with E-state index in [-0.39, 0.29) is 39.5 Å². The Morgan fingerprint density at radius 2 is 1.57 bits per heavy atom. The molecule has 0 aliphatic carbocycles. The van der Waals surface area contributed by atoms with Gasteiger partial charge >= 0.3 is 0 Å². The van der Waals surface area contributed by atoms with E-state index in [0.29, 0.717) is 6.42 Å². The van der Waals surface area contributed by atoms with Crippen molar-refractivity contribution in [2.45, 2.75) is 23.1 Å². The van der Waals surface area contributed by atoms with E-state index in [0.717, 1.165) is 15.4 Å². The molecule has 3 aromatic rings. The van der Waals surface area contributed by atoms with Crippen LogP contribution in [0.25, 0.3) is 0 Å². The Balaban J connectivity index is 1.66. The summed E-state index contributed by atoms with van der Waals surface area (Å²) in [6.45, 7) is 1.28. The fourth-order valence-electron chi connectivity index (χ4n) is 3.40. The number of hydrogen-bond acceptors (Lipinski definition) is 5. The van der Waals surface area contributed by atoms with Crippen LogP contribution in [0.5, 0.6) is 0 Å². The third-order valence-electron chi connectivity index (χ3n) is 5.39. The molecule has 0 aliphatic rings. The average molecular weight is 585 g/mol. The summed E-state index contributed by atoms with van der Waals surface area (Å²) in [5.41, 5.74) is 1.82. The Morgan fingerprint density at radius 3 is 2.24 bits per heavy atom. The highest BCUT2D eigenvalue weighted by atomic mass is 35.5. The summed E-state index contributed by atoms with van der Waals surface area (Å²) in [6.07, 6.45) is 0.363. The van der Waals surface area contributed by atoms with Gasteiger partial charge in [-0.25, -0.2) is 21.6 Å². The molecule has 0 saturated carbocycles. The fourth-order valence-corrected chi connectivity index (χ4v) is 6.57. The summed E-state index contributed by atoms with van der Waals surface area (Å²) in [5, 5.41) is 2.74. The summed E-state index contributed by atoms with van der Waals surface area (Å²) in [6, 6.07) is 19.7. The number of benzene rings is 3. The molecule has 0 saturated heterocycles. The van der Waals surface area contributed by atoms with Crippen LogP contribution in [0.2, 0.25) is 10.0 Å². The quantitative estimate of drug-likeness (QED) is 0.316. The first-order chi connectivity index (χ1) is 17.5. The van der Waals surface area contributed by atoms with Gasteiger partial charge in [-0.05, 0) is 49.2 Å². The SMILES string of the molecule is Cc1ccc(S(=O)(=O)NCCNC(=O)CN(CCc2ccccc2)S(=O)(=O)c2cc(Cl)ccc2Cl)cc1. The van der Waals surface area contributed by atoms with Crippen molar-refractivity contribution in [2.75, 3.05) is 26.2 Å². The van der Waals surface area contributed by atoms with Gasteiger partial charge in [-0.15, -0.1) is 0 Å². The van der Waals surface area contributed by atoms with E-state index in [2.05, 4.69) is 10.0 Å². The Kier molecular flexibility index (Phi) is 10.1. The zero-order valence-electron chi connectivity index (χ0n) is 20.0. The summed E-state index contributed by atoms with van der Waals surface area (Å²) in [4.78, 5) is 12.6. The zero-order chi connectivity index (χ0) is 27.1. The number of hydrogen-bond donors (Lipinski definition) is 2. The van der Waals surface area contributed by atoms with Gasteiger partial charge in [0.2, 0.25) is 26.0 Å². The van der Waals surface area contributed by atoms with Gasteiger partial charge in [-0.2, -0.15) is 4.31 Å². The third kappa shape index (κ3) is 8.26.